The number of carbonyl (C=O) groups excluding carboxylic acids is 1. The van der Waals surface area contributed by atoms with Crippen molar-refractivity contribution in [2.75, 3.05) is 12.4 Å². The Labute approximate surface area is 191 Å². The maximum Gasteiger partial charge on any atom is 0.274 e. The van der Waals surface area contributed by atoms with Crippen molar-refractivity contribution in [2.45, 2.75) is 6.54 Å². The van der Waals surface area contributed by atoms with Crippen LogP contribution in [0.4, 0.5) is 9.52 Å². The van der Waals surface area contributed by atoms with E-state index >= 15 is 0 Å². The van der Waals surface area contributed by atoms with Crippen LogP contribution in [0.2, 0.25) is 0 Å². The lowest BCUT2D eigenvalue weighted by atomic mass is 10.1. The summed E-state index contributed by atoms with van der Waals surface area (Å²) < 4.78 is 22.1. The van der Waals surface area contributed by atoms with Crippen molar-refractivity contribution in [3.8, 4) is 17.0 Å². The smallest absolute Gasteiger partial charge is 0.274 e. The van der Waals surface area contributed by atoms with Crippen LogP contribution in [0.25, 0.3) is 21.5 Å². The molecule has 0 aliphatic heterocycles. The highest BCUT2D eigenvalue weighted by Crippen LogP contribution is 2.33. The van der Waals surface area contributed by atoms with Crippen molar-refractivity contribution in [1.82, 2.24) is 9.55 Å². The Morgan fingerprint density at radius 2 is 1.97 bits per heavy atom. The molecule has 1 N–H and O–H groups in total. The average molecular weight is 464 g/mol. The molecule has 5 rings (SSSR count). The highest BCUT2D eigenvalue weighted by atomic mass is 32.1. The zero-order valence-electron chi connectivity index (χ0n) is 17.0. The number of hydrogen-bond acceptors (Lipinski definition) is 5. The number of thiophene rings is 1. The quantitative estimate of drug-likeness (QED) is 0.323. The van der Waals surface area contributed by atoms with Crippen LogP contribution in [0.5, 0.6) is 5.75 Å². The highest BCUT2D eigenvalue weighted by Gasteiger charge is 2.19. The van der Waals surface area contributed by atoms with E-state index in [0.717, 1.165) is 15.8 Å². The Balaban J connectivity index is 1.44. The summed E-state index contributed by atoms with van der Waals surface area (Å²) in [6, 6.07) is 18.2. The van der Waals surface area contributed by atoms with Gasteiger partial charge >= 0.3 is 0 Å². The zero-order valence-corrected chi connectivity index (χ0v) is 18.7. The number of halogens is 1. The molecule has 5 nitrogen and oxygen atoms in total. The molecule has 32 heavy (non-hydrogen) atoms. The van der Waals surface area contributed by atoms with Crippen LogP contribution < -0.4 is 10.1 Å². The third-order valence-electron chi connectivity index (χ3n) is 5.10. The summed E-state index contributed by atoms with van der Waals surface area (Å²) in [7, 11) is 1.53. The number of methoxy groups -OCH3 is 1. The summed E-state index contributed by atoms with van der Waals surface area (Å²) in [5.74, 6) is -0.0961. The van der Waals surface area contributed by atoms with E-state index in [0.29, 0.717) is 34.4 Å². The fraction of sp³-hybridized carbons (Fsp3) is 0.0833. The van der Waals surface area contributed by atoms with Gasteiger partial charge in [-0.05, 0) is 41.3 Å². The van der Waals surface area contributed by atoms with Crippen molar-refractivity contribution in [1.29, 1.82) is 0 Å². The number of anilines is 1. The van der Waals surface area contributed by atoms with Gasteiger partial charge in [0.15, 0.2) is 5.13 Å². The van der Waals surface area contributed by atoms with E-state index in [-0.39, 0.29) is 11.7 Å². The van der Waals surface area contributed by atoms with E-state index in [1.54, 1.807) is 22.8 Å². The average Bonchev–Trinajstić information content (AvgIpc) is 3.52. The number of amides is 1. The van der Waals surface area contributed by atoms with Gasteiger partial charge in [0.25, 0.3) is 5.91 Å². The molecule has 0 unspecified atom stereocenters. The van der Waals surface area contributed by atoms with Crippen molar-refractivity contribution in [3.05, 3.63) is 88.5 Å². The molecule has 0 radical (unpaired) electrons. The molecule has 3 aromatic heterocycles. The van der Waals surface area contributed by atoms with E-state index in [2.05, 4.69) is 10.3 Å². The largest absolute Gasteiger partial charge is 0.496 e. The first kappa shape index (κ1) is 20.4. The predicted octanol–water partition coefficient (Wildman–Crippen LogP) is 6.27. The fourth-order valence-electron chi connectivity index (χ4n) is 3.60. The van der Waals surface area contributed by atoms with Gasteiger partial charge in [0, 0.05) is 17.5 Å². The van der Waals surface area contributed by atoms with Gasteiger partial charge in [0.2, 0.25) is 0 Å². The second-order valence-corrected chi connectivity index (χ2v) is 8.91. The van der Waals surface area contributed by atoms with Gasteiger partial charge in [-0.15, -0.1) is 22.7 Å². The molecule has 2 aromatic carbocycles. The summed E-state index contributed by atoms with van der Waals surface area (Å²) in [5, 5.41) is 7.13. The summed E-state index contributed by atoms with van der Waals surface area (Å²) >= 11 is 2.88. The van der Waals surface area contributed by atoms with Crippen LogP contribution in [-0.2, 0) is 6.54 Å². The molecule has 0 aliphatic carbocycles. The standard InChI is InChI=1S/C24H18FN3O2S2/c1-30-21-8-7-16(25)11-17(21)18-14-32-24(26-18)27-23(29)20-12-22-19(9-10-31-22)28(20)13-15-5-3-2-4-6-15/h2-12,14H,13H2,1H3,(H,26,27,29). The molecule has 0 aliphatic rings. The monoisotopic (exact) mass is 463 g/mol. The number of aromatic nitrogens is 2. The minimum atomic E-state index is -0.377. The van der Waals surface area contributed by atoms with Crippen LogP contribution >= 0.6 is 22.7 Å². The topological polar surface area (TPSA) is 56.1 Å². The molecule has 3 heterocycles. The third-order valence-corrected chi connectivity index (χ3v) is 6.71. The lowest BCUT2D eigenvalue weighted by Gasteiger charge is -2.10. The van der Waals surface area contributed by atoms with E-state index < -0.39 is 0 Å². The van der Waals surface area contributed by atoms with Crippen molar-refractivity contribution < 1.29 is 13.9 Å². The first-order chi connectivity index (χ1) is 15.6. The molecule has 160 valence electrons. The van der Waals surface area contributed by atoms with Crippen molar-refractivity contribution in [3.63, 3.8) is 0 Å². The summed E-state index contributed by atoms with van der Waals surface area (Å²) in [4.78, 5) is 17.7. The number of hydrogen-bond donors (Lipinski definition) is 1. The number of nitrogens with zero attached hydrogens (tertiary/aromatic N) is 2. The molecular formula is C24H18FN3O2S2. The number of ether oxygens (including phenoxy) is 1. The first-order valence-corrected chi connectivity index (χ1v) is 11.6. The molecule has 0 fully saturated rings. The Kier molecular flexibility index (Phi) is 5.46. The van der Waals surface area contributed by atoms with Gasteiger partial charge in [0.1, 0.15) is 17.3 Å². The molecule has 8 heteroatoms. The first-order valence-electron chi connectivity index (χ1n) is 9.84. The highest BCUT2D eigenvalue weighted by molar-refractivity contribution is 7.17. The van der Waals surface area contributed by atoms with Gasteiger partial charge < -0.3 is 9.30 Å². The minimum Gasteiger partial charge on any atom is -0.496 e. The lowest BCUT2D eigenvalue weighted by Crippen LogP contribution is -2.17. The second kappa shape index (κ2) is 8.57. The van der Waals surface area contributed by atoms with E-state index in [1.807, 2.05) is 52.4 Å². The predicted molar refractivity (Wildman–Crippen MR) is 127 cm³/mol. The number of fused-ring (bicyclic) bond motifs is 1. The molecule has 0 saturated carbocycles. The van der Waals surface area contributed by atoms with E-state index in [9.17, 15) is 9.18 Å². The van der Waals surface area contributed by atoms with Gasteiger partial charge in [-0.3, -0.25) is 10.1 Å². The van der Waals surface area contributed by atoms with Gasteiger partial charge in [-0.2, -0.15) is 0 Å². The van der Waals surface area contributed by atoms with Crippen LogP contribution in [-0.4, -0.2) is 22.6 Å². The summed E-state index contributed by atoms with van der Waals surface area (Å²) in [6.45, 7) is 0.591. The second-order valence-electron chi connectivity index (χ2n) is 7.11. The molecule has 1 amide bonds. The number of thiazole rings is 1. The van der Waals surface area contributed by atoms with Crippen LogP contribution in [0.1, 0.15) is 16.1 Å². The van der Waals surface area contributed by atoms with Crippen LogP contribution in [0.3, 0.4) is 0 Å². The van der Waals surface area contributed by atoms with Crippen molar-refractivity contribution >= 4 is 43.9 Å². The molecule has 0 atom stereocenters. The Hall–Kier alpha value is -3.49. The van der Waals surface area contributed by atoms with Gasteiger partial charge in [-0.25, -0.2) is 9.37 Å². The van der Waals surface area contributed by atoms with E-state index in [1.165, 1.54) is 30.6 Å². The van der Waals surface area contributed by atoms with E-state index in [4.69, 9.17) is 4.74 Å². The van der Waals surface area contributed by atoms with Crippen molar-refractivity contribution in [2.24, 2.45) is 0 Å². The van der Waals surface area contributed by atoms with Crippen LogP contribution in [0.15, 0.2) is 71.4 Å². The molecule has 5 aromatic rings. The minimum absolute atomic E-state index is 0.239. The van der Waals surface area contributed by atoms with Gasteiger partial charge in [-0.1, -0.05) is 30.3 Å². The zero-order chi connectivity index (χ0) is 22.1. The van der Waals surface area contributed by atoms with Gasteiger partial charge in [0.05, 0.1) is 23.0 Å². The number of rotatable bonds is 6. The number of nitrogens with one attached hydrogen (secondary N) is 1. The Bertz CT molecular complexity index is 1410. The third kappa shape index (κ3) is 3.90. The molecule has 0 bridgehead atoms. The SMILES string of the molecule is COc1ccc(F)cc1-c1csc(NC(=O)c2cc3sccc3n2Cc2ccccc2)n1. The molecular weight excluding hydrogens is 445 g/mol. The number of carbonyl (C=O) groups is 1. The maximum atomic E-state index is 13.8. The lowest BCUT2D eigenvalue weighted by molar-refractivity contribution is 0.101. The summed E-state index contributed by atoms with van der Waals surface area (Å²) in [6.07, 6.45) is 0. The normalized spacial score (nSPS) is 11.1. The molecule has 0 spiro atoms. The Morgan fingerprint density at radius 1 is 1.12 bits per heavy atom. The maximum absolute atomic E-state index is 13.8. The van der Waals surface area contributed by atoms with Crippen LogP contribution in [0, 0.1) is 5.82 Å². The number of benzene rings is 2. The fourth-order valence-corrected chi connectivity index (χ4v) is 5.13. The molecule has 0 saturated heterocycles. The Morgan fingerprint density at radius 3 is 2.78 bits per heavy atom. The summed E-state index contributed by atoms with van der Waals surface area (Å²) in [5.41, 5.74) is 3.78.